The van der Waals surface area contributed by atoms with Crippen LogP contribution in [0.3, 0.4) is 0 Å². The Bertz CT molecular complexity index is 836. The van der Waals surface area contributed by atoms with Crippen LogP contribution in [0.5, 0.6) is 5.75 Å². The third kappa shape index (κ3) is 2.59. The minimum Gasteiger partial charge on any atom is -0.496 e. The zero-order chi connectivity index (χ0) is 15.6. The summed E-state index contributed by atoms with van der Waals surface area (Å²) in [5, 5.41) is 0. The molecule has 1 atom stereocenters. The van der Waals surface area contributed by atoms with Crippen LogP contribution < -0.4 is 9.64 Å². The highest BCUT2D eigenvalue weighted by atomic mass is 16.5. The molecule has 2 aromatic heterocycles. The fourth-order valence-electron chi connectivity index (χ4n) is 3.25. The lowest BCUT2D eigenvalue weighted by Gasteiger charge is -2.18. The second-order valence-corrected chi connectivity index (χ2v) is 5.74. The Kier molecular flexibility index (Phi) is 3.54. The average molecular weight is 306 g/mol. The Labute approximate surface area is 135 Å². The number of para-hydroxylation sites is 1. The minimum atomic E-state index is 0.463. The molecule has 0 amide bonds. The topological polar surface area (TPSA) is 51.1 Å². The molecule has 3 aromatic rings. The van der Waals surface area contributed by atoms with Crippen LogP contribution in [0, 0.1) is 0 Å². The molecule has 23 heavy (non-hydrogen) atoms. The summed E-state index contributed by atoms with van der Waals surface area (Å²) >= 11 is 0. The van der Waals surface area contributed by atoms with Gasteiger partial charge in [-0.05, 0) is 30.2 Å². The van der Waals surface area contributed by atoms with Gasteiger partial charge in [-0.2, -0.15) is 0 Å². The number of fused-ring (bicyclic) bond motifs is 1. The van der Waals surface area contributed by atoms with E-state index < -0.39 is 0 Å². The van der Waals surface area contributed by atoms with Crippen molar-refractivity contribution in [1.29, 1.82) is 0 Å². The van der Waals surface area contributed by atoms with Crippen molar-refractivity contribution in [1.82, 2.24) is 15.0 Å². The van der Waals surface area contributed by atoms with Crippen LogP contribution in [-0.4, -0.2) is 35.2 Å². The molecule has 1 saturated heterocycles. The van der Waals surface area contributed by atoms with Crippen LogP contribution in [-0.2, 0) is 0 Å². The van der Waals surface area contributed by atoms with Crippen LogP contribution in [0.1, 0.15) is 17.9 Å². The number of hydrogen-bond donors (Lipinski definition) is 0. The maximum atomic E-state index is 5.50. The van der Waals surface area contributed by atoms with Crippen LogP contribution >= 0.6 is 0 Å². The van der Waals surface area contributed by atoms with Crippen molar-refractivity contribution < 1.29 is 4.74 Å². The third-order valence-electron chi connectivity index (χ3n) is 4.41. The van der Waals surface area contributed by atoms with Crippen LogP contribution in [0.2, 0.25) is 0 Å². The van der Waals surface area contributed by atoms with E-state index in [9.17, 15) is 0 Å². The number of anilines is 1. The molecule has 1 aliphatic rings. The normalized spacial score (nSPS) is 17.6. The summed E-state index contributed by atoms with van der Waals surface area (Å²) in [6.07, 6.45) is 4.47. The number of rotatable bonds is 3. The molecule has 5 heteroatoms. The van der Waals surface area contributed by atoms with E-state index >= 15 is 0 Å². The maximum Gasteiger partial charge on any atom is 0.180 e. The molecule has 1 aliphatic heterocycles. The number of aromatic nitrogens is 3. The molecule has 0 aliphatic carbocycles. The maximum absolute atomic E-state index is 5.50. The molecule has 0 radical (unpaired) electrons. The van der Waals surface area contributed by atoms with Crippen LogP contribution in [0.4, 0.5) is 5.82 Å². The van der Waals surface area contributed by atoms with Crippen molar-refractivity contribution in [2.45, 2.75) is 12.3 Å². The SMILES string of the molecule is COc1ccccc1C1CCN(c2ccc3nccnc3n2)C1. The Morgan fingerprint density at radius 2 is 1.96 bits per heavy atom. The second-order valence-electron chi connectivity index (χ2n) is 5.74. The largest absolute Gasteiger partial charge is 0.496 e. The number of pyridine rings is 1. The van der Waals surface area contributed by atoms with Gasteiger partial charge in [-0.1, -0.05) is 18.2 Å². The lowest BCUT2D eigenvalue weighted by molar-refractivity contribution is 0.406. The highest BCUT2D eigenvalue weighted by Gasteiger charge is 2.27. The van der Waals surface area contributed by atoms with Crippen molar-refractivity contribution in [2.75, 3.05) is 25.1 Å². The molecule has 1 fully saturated rings. The third-order valence-corrected chi connectivity index (χ3v) is 4.41. The zero-order valence-corrected chi connectivity index (χ0v) is 13.0. The van der Waals surface area contributed by atoms with E-state index in [-0.39, 0.29) is 0 Å². The Morgan fingerprint density at radius 3 is 2.87 bits per heavy atom. The minimum absolute atomic E-state index is 0.463. The van der Waals surface area contributed by atoms with Crippen molar-refractivity contribution in [3.8, 4) is 5.75 Å². The monoisotopic (exact) mass is 306 g/mol. The van der Waals surface area contributed by atoms with Crippen LogP contribution in [0.25, 0.3) is 11.2 Å². The van der Waals surface area contributed by atoms with E-state index in [0.717, 1.165) is 36.6 Å². The quantitative estimate of drug-likeness (QED) is 0.744. The molecule has 4 rings (SSSR count). The van der Waals surface area contributed by atoms with Gasteiger partial charge in [0.1, 0.15) is 17.1 Å². The van der Waals surface area contributed by atoms with E-state index in [4.69, 9.17) is 4.74 Å². The molecule has 116 valence electrons. The van der Waals surface area contributed by atoms with E-state index in [1.54, 1.807) is 19.5 Å². The Balaban J connectivity index is 1.59. The van der Waals surface area contributed by atoms with Gasteiger partial charge in [0.15, 0.2) is 5.65 Å². The van der Waals surface area contributed by atoms with Gasteiger partial charge < -0.3 is 9.64 Å². The Hall–Kier alpha value is -2.69. The van der Waals surface area contributed by atoms with Gasteiger partial charge in [-0.25, -0.2) is 9.97 Å². The molecule has 0 spiro atoms. The smallest absolute Gasteiger partial charge is 0.180 e. The molecular formula is C18H18N4O. The first-order chi connectivity index (χ1) is 11.3. The van der Waals surface area contributed by atoms with Crippen molar-refractivity contribution in [3.63, 3.8) is 0 Å². The molecule has 1 aromatic carbocycles. The summed E-state index contributed by atoms with van der Waals surface area (Å²) in [6, 6.07) is 12.3. The van der Waals surface area contributed by atoms with Gasteiger partial charge in [0, 0.05) is 31.4 Å². The lowest BCUT2D eigenvalue weighted by atomic mass is 9.97. The lowest BCUT2D eigenvalue weighted by Crippen LogP contribution is -2.20. The van der Waals surface area contributed by atoms with E-state index in [0.29, 0.717) is 11.6 Å². The fourth-order valence-corrected chi connectivity index (χ4v) is 3.25. The molecule has 1 unspecified atom stereocenters. The van der Waals surface area contributed by atoms with Crippen molar-refractivity contribution in [2.24, 2.45) is 0 Å². The number of nitrogens with zero attached hydrogens (tertiary/aromatic N) is 4. The summed E-state index contributed by atoms with van der Waals surface area (Å²) in [5.41, 5.74) is 2.81. The van der Waals surface area contributed by atoms with Gasteiger partial charge in [0.05, 0.1) is 7.11 Å². The average Bonchev–Trinajstić information content (AvgIpc) is 3.11. The van der Waals surface area contributed by atoms with Gasteiger partial charge in [-0.3, -0.25) is 4.98 Å². The first-order valence-corrected chi connectivity index (χ1v) is 7.81. The summed E-state index contributed by atoms with van der Waals surface area (Å²) in [6.45, 7) is 1.93. The van der Waals surface area contributed by atoms with Crippen molar-refractivity contribution in [3.05, 3.63) is 54.4 Å². The molecule has 0 bridgehead atoms. The van der Waals surface area contributed by atoms with Gasteiger partial charge >= 0.3 is 0 Å². The highest BCUT2D eigenvalue weighted by molar-refractivity contribution is 5.71. The van der Waals surface area contributed by atoms with E-state index in [1.165, 1.54) is 5.56 Å². The predicted molar refractivity (Wildman–Crippen MR) is 89.9 cm³/mol. The number of methoxy groups -OCH3 is 1. The number of hydrogen-bond acceptors (Lipinski definition) is 5. The molecule has 5 nitrogen and oxygen atoms in total. The summed E-state index contributed by atoms with van der Waals surface area (Å²) in [4.78, 5) is 15.5. The molecule has 3 heterocycles. The van der Waals surface area contributed by atoms with E-state index in [2.05, 4.69) is 32.0 Å². The highest BCUT2D eigenvalue weighted by Crippen LogP contribution is 2.35. The fraction of sp³-hybridized carbons (Fsp3) is 0.278. The van der Waals surface area contributed by atoms with E-state index in [1.807, 2.05) is 24.3 Å². The summed E-state index contributed by atoms with van der Waals surface area (Å²) < 4.78 is 5.50. The first kappa shape index (κ1) is 13.9. The van der Waals surface area contributed by atoms with Crippen LogP contribution in [0.15, 0.2) is 48.8 Å². The van der Waals surface area contributed by atoms with Gasteiger partial charge in [0.2, 0.25) is 0 Å². The first-order valence-electron chi connectivity index (χ1n) is 7.81. The standard InChI is InChI=1S/C18H18N4O/c1-23-16-5-3-2-4-14(16)13-8-11-22(12-13)17-7-6-15-18(21-17)20-10-9-19-15/h2-7,9-10,13H,8,11-12H2,1H3. The van der Waals surface area contributed by atoms with Gasteiger partial charge in [-0.15, -0.1) is 0 Å². The van der Waals surface area contributed by atoms with Gasteiger partial charge in [0.25, 0.3) is 0 Å². The van der Waals surface area contributed by atoms with Crippen molar-refractivity contribution >= 4 is 17.0 Å². The Morgan fingerprint density at radius 1 is 1.09 bits per heavy atom. The number of ether oxygens (including phenoxy) is 1. The summed E-state index contributed by atoms with van der Waals surface area (Å²) in [5.74, 6) is 2.40. The molecule has 0 saturated carbocycles. The second kappa shape index (κ2) is 5.83. The predicted octanol–water partition coefficient (Wildman–Crippen LogP) is 3.03. The molecular weight excluding hydrogens is 288 g/mol. The summed E-state index contributed by atoms with van der Waals surface area (Å²) in [7, 11) is 1.73. The zero-order valence-electron chi connectivity index (χ0n) is 13.0. The number of benzene rings is 1. The molecule has 0 N–H and O–H groups in total.